The average molecular weight is 733 g/mol. The largest absolute Gasteiger partial charge is 0.455 e. The van der Waals surface area contributed by atoms with E-state index in [1.807, 2.05) is 48.8 Å². The first-order chi connectivity index (χ1) is 28.2. The summed E-state index contributed by atoms with van der Waals surface area (Å²) in [4.78, 5) is 17.2. The highest BCUT2D eigenvalue weighted by Gasteiger charge is 2.17. The Morgan fingerprint density at radius 3 is 2.00 bits per heavy atom. The second-order valence-corrected chi connectivity index (χ2v) is 14.1. The lowest BCUT2D eigenvalue weighted by Crippen LogP contribution is -2.18. The molecule has 0 aliphatic carbocycles. The second-order valence-electron chi connectivity index (χ2n) is 14.1. The molecular weight excluding hydrogens is 697 g/mol. The van der Waals surface area contributed by atoms with Crippen molar-refractivity contribution < 1.29 is 4.42 Å². The van der Waals surface area contributed by atoms with E-state index in [0.717, 1.165) is 94.8 Å². The van der Waals surface area contributed by atoms with Crippen LogP contribution in [0.4, 0.5) is 11.4 Å². The van der Waals surface area contributed by atoms with Crippen molar-refractivity contribution in [3.63, 3.8) is 0 Å². The number of pyridine rings is 1. The van der Waals surface area contributed by atoms with Crippen molar-refractivity contribution in [2.75, 3.05) is 11.4 Å². The molecule has 1 aliphatic heterocycles. The third kappa shape index (κ3) is 6.51. The zero-order valence-electron chi connectivity index (χ0n) is 31.1. The molecule has 1 aliphatic rings. The Morgan fingerprint density at radius 1 is 0.526 bits per heavy atom. The molecular formula is C52H36N4O. The molecule has 0 spiro atoms. The summed E-state index contributed by atoms with van der Waals surface area (Å²) in [5.74, 6) is 0.677. The van der Waals surface area contributed by atoms with Gasteiger partial charge in [-0.3, -0.25) is 4.98 Å². The van der Waals surface area contributed by atoms with Crippen molar-refractivity contribution in [1.82, 2.24) is 15.0 Å². The van der Waals surface area contributed by atoms with E-state index < -0.39 is 0 Å². The molecule has 0 N–H and O–H groups in total. The first-order valence-corrected chi connectivity index (χ1v) is 19.1. The summed E-state index contributed by atoms with van der Waals surface area (Å²) in [6, 6.07) is 54.5. The van der Waals surface area contributed by atoms with Crippen LogP contribution in [0.3, 0.4) is 0 Å². The fourth-order valence-corrected chi connectivity index (χ4v) is 7.65. The van der Waals surface area contributed by atoms with Crippen LogP contribution >= 0.6 is 0 Å². The Hall–Kier alpha value is -7.63. The van der Waals surface area contributed by atoms with Crippen LogP contribution in [0.15, 0.2) is 205 Å². The summed E-state index contributed by atoms with van der Waals surface area (Å²) in [7, 11) is 0. The van der Waals surface area contributed by atoms with Crippen LogP contribution in [0.2, 0.25) is 0 Å². The van der Waals surface area contributed by atoms with Gasteiger partial charge in [0.1, 0.15) is 11.2 Å². The van der Waals surface area contributed by atoms with Crippen molar-refractivity contribution in [2.45, 2.75) is 0 Å². The van der Waals surface area contributed by atoms with E-state index >= 15 is 0 Å². The average Bonchev–Trinajstić information content (AvgIpc) is 3.70. The zero-order valence-corrected chi connectivity index (χ0v) is 31.1. The number of anilines is 2. The number of para-hydroxylation sites is 3. The van der Waals surface area contributed by atoms with Gasteiger partial charge in [0.25, 0.3) is 0 Å². The monoisotopic (exact) mass is 732 g/mol. The standard InChI is InChI=1S/C52H36N4O/c1-35-13-4-3-11-30-56(49-20-9-7-16-43(35)49)42-31-41(33-53-34-42)36-22-26-38(27-23-36)47-32-48(55-52(54-47)40-14-5-2-6-15-40)39-28-24-37(25-29-39)44-18-12-19-46-45-17-8-10-21-50(45)57-51(44)46/h2-29,31-34H,1,30H2/b11-3-,13-4-. The molecule has 5 heteroatoms. The topological polar surface area (TPSA) is 55.1 Å². The highest BCUT2D eigenvalue weighted by molar-refractivity contribution is 6.09. The Kier molecular flexibility index (Phi) is 8.65. The zero-order chi connectivity index (χ0) is 38.1. The van der Waals surface area contributed by atoms with Gasteiger partial charge in [0.15, 0.2) is 5.82 Å². The van der Waals surface area contributed by atoms with E-state index in [1.54, 1.807) is 0 Å². The fourth-order valence-electron chi connectivity index (χ4n) is 7.65. The van der Waals surface area contributed by atoms with Crippen molar-refractivity contribution >= 4 is 38.9 Å². The molecule has 6 aromatic carbocycles. The number of fused-ring (bicyclic) bond motifs is 4. The number of rotatable bonds is 6. The van der Waals surface area contributed by atoms with Crippen LogP contribution in [0.5, 0.6) is 0 Å². The number of benzene rings is 6. The van der Waals surface area contributed by atoms with Crippen LogP contribution in [0.1, 0.15) is 5.56 Å². The summed E-state index contributed by atoms with van der Waals surface area (Å²) < 4.78 is 6.35. The van der Waals surface area contributed by atoms with Crippen LogP contribution in [0, 0.1) is 0 Å². The van der Waals surface area contributed by atoms with Gasteiger partial charge in [0, 0.05) is 62.6 Å². The number of furan rings is 1. The van der Waals surface area contributed by atoms with Gasteiger partial charge in [-0.05, 0) is 41.0 Å². The van der Waals surface area contributed by atoms with E-state index in [4.69, 9.17) is 19.4 Å². The highest BCUT2D eigenvalue weighted by Crippen LogP contribution is 2.38. The molecule has 3 aromatic heterocycles. The molecule has 0 saturated heterocycles. The van der Waals surface area contributed by atoms with Gasteiger partial charge < -0.3 is 9.32 Å². The molecule has 4 heterocycles. The highest BCUT2D eigenvalue weighted by atomic mass is 16.3. The number of hydrogen-bond donors (Lipinski definition) is 0. The lowest BCUT2D eigenvalue weighted by Gasteiger charge is -2.26. The molecule has 0 saturated carbocycles. The minimum atomic E-state index is 0.677. The molecule has 0 fully saturated rings. The summed E-state index contributed by atoms with van der Waals surface area (Å²) in [6.07, 6.45) is 12.2. The smallest absolute Gasteiger partial charge is 0.160 e. The molecule has 0 unspecified atom stereocenters. The summed E-state index contributed by atoms with van der Waals surface area (Å²) in [5.41, 5.74) is 14.9. The second kappa shape index (κ2) is 14.5. The summed E-state index contributed by atoms with van der Waals surface area (Å²) in [6.45, 7) is 5.03. The van der Waals surface area contributed by atoms with Crippen molar-refractivity contribution in [1.29, 1.82) is 0 Å². The Bertz CT molecular complexity index is 3000. The number of hydrogen-bond acceptors (Lipinski definition) is 5. The van der Waals surface area contributed by atoms with Gasteiger partial charge in [0.05, 0.1) is 23.3 Å². The molecule has 270 valence electrons. The molecule has 9 aromatic rings. The van der Waals surface area contributed by atoms with Gasteiger partial charge in [-0.2, -0.15) is 0 Å². The van der Waals surface area contributed by atoms with Gasteiger partial charge in [-0.25, -0.2) is 9.97 Å². The lowest BCUT2D eigenvalue weighted by atomic mass is 9.99. The predicted molar refractivity (Wildman–Crippen MR) is 235 cm³/mol. The number of nitrogens with zero attached hydrogens (tertiary/aromatic N) is 4. The summed E-state index contributed by atoms with van der Waals surface area (Å²) in [5, 5.41) is 2.24. The van der Waals surface area contributed by atoms with Crippen molar-refractivity contribution in [3.8, 4) is 56.2 Å². The molecule has 5 nitrogen and oxygen atoms in total. The normalized spacial score (nSPS) is 13.8. The first kappa shape index (κ1) is 33.9. The Balaban J connectivity index is 0.986. The molecule has 0 atom stereocenters. The van der Waals surface area contributed by atoms with Crippen LogP contribution in [0.25, 0.3) is 83.7 Å². The van der Waals surface area contributed by atoms with Gasteiger partial charge in [-0.1, -0.05) is 164 Å². The van der Waals surface area contributed by atoms with Gasteiger partial charge >= 0.3 is 0 Å². The summed E-state index contributed by atoms with van der Waals surface area (Å²) >= 11 is 0. The molecule has 0 amide bonds. The maximum atomic E-state index is 6.35. The maximum Gasteiger partial charge on any atom is 0.160 e. The van der Waals surface area contributed by atoms with E-state index in [-0.39, 0.29) is 0 Å². The third-order valence-electron chi connectivity index (χ3n) is 10.6. The fraction of sp³-hybridized carbons (Fsp3) is 0.0192. The van der Waals surface area contributed by atoms with E-state index in [0.29, 0.717) is 12.4 Å². The molecule has 0 radical (unpaired) electrons. The van der Waals surface area contributed by atoms with Crippen LogP contribution in [-0.2, 0) is 0 Å². The van der Waals surface area contributed by atoms with E-state index in [1.165, 1.54) is 0 Å². The quantitative estimate of drug-likeness (QED) is 0.170. The van der Waals surface area contributed by atoms with Gasteiger partial charge in [-0.15, -0.1) is 0 Å². The predicted octanol–water partition coefficient (Wildman–Crippen LogP) is 13.4. The maximum absolute atomic E-state index is 6.35. The van der Waals surface area contributed by atoms with Crippen molar-refractivity contribution in [3.05, 3.63) is 207 Å². The van der Waals surface area contributed by atoms with Crippen LogP contribution < -0.4 is 4.90 Å². The first-order valence-electron chi connectivity index (χ1n) is 19.1. The molecule has 57 heavy (non-hydrogen) atoms. The minimum absolute atomic E-state index is 0.677. The molecule has 0 bridgehead atoms. The molecule has 10 rings (SSSR count). The Morgan fingerprint density at radius 2 is 1.19 bits per heavy atom. The van der Waals surface area contributed by atoms with Crippen molar-refractivity contribution in [2.24, 2.45) is 0 Å². The number of aromatic nitrogens is 3. The minimum Gasteiger partial charge on any atom is -0.455 e. The van der Waals surface area contributed by atoms with E-state index in [9.17, 15) is 0 Å². The lowest BCUT2D eigenvalue weighted by molar-refractivity contribution is 0.670. The van der Waals surface area contributed by atoms with E-state index in [2.05, 4.69) is 157 Å². The van der Waals surface area contributed by atoms with Gasteiger partial charge in [0.2, 0.25) is 0 Å². The Labute approximate surface area is 331 Å². The number of allylic oxidation sites excluding steroid dienone is 4. The third-order valence-corrected chi connectivity index (χ3v) is 10.6. The SMILES string of the molecule is C=C1/C=C\C=C/CN(c2cncc(-c3ccc(-c4cc(-c5ccc(-c6cccc7c6oc6ccccc67)cc5)nc(-c5ccccc5)n4)cc3)c2)c2ccccc21. The van der Waals surface area contributed by atoms with Crippen LogP contribution in [-0.4, -0.2) is 21.5 Å².